The molecule has 0 aliphatic heterocycles. The lowest BCUT2D eigenvalue weighted by Crippen LogP contribution is -2.09. The van der Waals surface area contributed by atoms with Crippen LogP contribution >= 0.6 is 23.2 Å². The summed E-state index contributed by atoms with van der Waals surface area (Å²) >= 11 is 12.1. The minimum Gasteiger partial charge on any atom is -0.292 e. The Hall–Kier alpha value is -1.57. The van der Waals surface area contributed by atoms with Gasteiger partial charge in [-0.2, -0.15) is 0 Å². The lowest BCUT2D eigenvalue weighted by atomic mass is 9.86. The predicted octanol–water partition coefficient (Wildman–Crippen LogP) is 5.25. The SMILES string of the molecule is CN=C1CC=C(c2ccc(Cl)c(Cl)c2)c2ccccc21. The molecule has 0 fully saturated rings. The van der Waals surface area contributed by atoms with Gasteiger partial charge in [-0.15, -0.1) is 0 Å². The van der Waals surface area contributed by atoms with E-state index in [-0.39, 0.29) is 0 Å². The molecule has 1 aliphatic rings. The van der Waals surface area contributed by atoms with Crippen molar-refractivity contribution >= 4 is 34.5 Å². The van der Waals surface area contributed by atoms with Gasteiger partial charge in [0, 0.05) is 24.7 Å². The van der Waals surface area contributed by atoms with E-state index in [1.165, 1.54) is 16.7 Å². The molecule has 1 aliphatic carbocycles. The summed E-state index contributed by atoms with van der Waals surface area (Å²) in [6.45, 7) is 0. The van der Waals surface area contributed by atoms with Crippen LogP contribution in [0.25, 0.3) is 5.57 Å². The Morgan fingerprint density at radius 2 is 1.70 bits per heavy atom. The smallest absolute Gasteiger partial charge is 0.0598 e. The van der Waals surface area contributed by atoms with Gasteiger partial charge in [-0.25, -0.2) is 0 Å². The number of benzene rings is 2. The number of rotatable bonds is 1. The van der Waals surface area contributed by atoms with Crippen molar-refractivity contribution in [1.29, 1.82) is 0 Å². The largest absolute Gasteiger partial charge is 0.292 e. The van der Waals surface area contributed by atoms with E-state index in [4.69, 9.17) is 23.2 Å². The van der Waals surface area contributed by atoms with Crippen LogP contribution in [0, 0.1) is 0 Å². The third kappa shape index (κ3) is 2.28. The molecule has 3 heteroatoms. The van der Waals surface area contributed by atoms with Crippen molar-refractivity contribution in [2.24, 2.45) is 4.99 Å². The van der Waals surface area contributed by atoms with Gasteiger partial charge >= 0.3 is 0 Å². The molecule has 20 heavy (non-hydrogen) atoms. The molecule has 0 aromatic heterocycles. The fourth-order valence-electron chi connectivity index (χ4n) is 2.54. The van der Waals surface area contributed by atoms with Gasteiger partial charge in [0.2, 0.25) is 0 Å². The Kier molecular flexibility index (Phi) is 3.64. The van der Waals surface area contributed by atoms with Crippen LogP contribution in [-0.2, 0) is 0 Å². The first-order valence-electron chi connectivity index (χ1n) is 6.41. The Morgan fingerprint density at radius 3 is 2.40 bits per heavy atom. The summed E-state index contributed by atoms with van der Waals surface area (Å²) in [5.74, 6) is 0. The number of nitrogens with zero attached hydrogens (tertiary/aromatic N) is 1. The van der Waals surface area contributed by atoms with Gasteiger partial charge in [0.1, 0.15) is 0 Å². The van der Waals surface area contributed by atoms with Crippen molar-refractivity contribution in [2.45, 2.75) is 6.42 Å². The van der Waals surface area contributed by atoms with E-state index in [0.717, 1.165) is 17.7 Å². The van der Waals surface area contributed by atoms with Crippen molar-refractivity contribution in [3.05, 3.63) is 75.3 Å². The normalized spacial score (nSPS) is 15.9. The molecule has 100 valence electrons. The van der Waals surface area contributed by atoms with Crippen molar-refractivity contribution in [3.8, 4) is 0 Å². The van der Waals surface area contributed by atoms with E-state index in [0.29, 0.717) is 10.0 Å². The third-order valence-corrected chi connectivity index (χ3v) is 4.27. The summed E-state index contributed by atoms with van der Waals surface area (Å²) in [7, 11) is 1.84. The quantitative estimate of drug-likeness (QED) is 0.682. The van der Waals surface area contributed by atoms with Crippen molar-refractivity contribution in [3.63, 3.8) is 0 Å². The monoisotopic (exact) mass is 301 g/mol. The second-order valence-electron chi connectivity index (χ2n) is 4.67. The highest BCUT2D eigenvalue weighted by molar-refractivity contribution is 6.42. The highest BCUT2D eigenvalue weighted by Gasteiger charge is 2.18. The summed E-state index contributed by atoms with van der Waals surface area (Å²) in [5, 5.41) is 1.16. The van der Waals surface area contributed by atoms with Crippen LogP contribution in [0.5, 0.6) is 0 Å². The van der Waals surface area contributed by atoms with Gasteiger partial charge in [0.05, 0.1) is 10.0 Å². The van der Waals surface area contributed by atoms with Crippen LogP contribution in [0.2, 0.25) is 10.0 Å². The molecule has 0 spiro atoms. The Balaban J connectivity index is 2.16. The molecule has 2 aromatic rings. The van der Waals surface area contributed by atoms with Gasteiger partial charge in [0.15, 0.2) is 0 Å². The zero-order valence-electron chi connectivity index (χ0n) is 11.0. The van der Waals surface area contributed by atoms with Crippen molar-refractivity contribution in [1.82, 2.24) is 0 Å². The van der Waals surface area contributed by atoms with E-state index < -0.39 is 0 Å². The van der Waals surface area contributed by atoms with Gasteiger partial charge in [-0.05, 0) is 28.8 Å². The molecule has 3 rings (SSSR count). The Morgan fingerprint density at radius 1 is 0.950 bits per heavy atom. The van der Waals surface area contributed by atoms with E-state index in [9.17, 15) is 0 Å². The van der Waals surface area contributed by atoms with E-state index in [1.54, 1.807) is 0 Å². The maximum atomic E-state index is 6.13. The third-order valence-electron chi connectivity index (χ3n) is 3.53. The van der Waals surface area contributed by atoms with E-state index in [2.05, 4.69) is 23.2 Å². The van der Waals surface area contributed by atoms with Crippen LogP contribution < -0.4 is 0 Å². The standard InChI is InChI=1S/C17H13Cl2N/c1-20-17-9-7-12(13-4-2-3-5-14(13)17)11-6-8-15(18)16(19)10-11/h2-8,10H,9H2,1H3. The number of fused-ring (bicyclic) bond motifs is 1. The summed E-state index contributed by atoms with van der Waals surface area (Å²) in [6.07, 6.45) is 3.04. The molecule has 2 aromatic carbocycles. The molecule has 0 heterocycles. The van der Waals surface area contributed by atoms with Crippen LogP contribution in [0.1, 0.15) is 23.1 Å². The molecule has 0 amide bonds. The van der Waals surface area contributed by atoms with Crippen LogP contribution in [0.3, 0.4) is 0 Å². The van der Waals surface area contributed by atoms with Crippen molar-refractivity contribution in [2.75, 3.05) is 7.05 Å². The molecule has 1 nitrogen and oxygen atoms in total. The molecule has 0 bridgehead atoms. The van der Waals surface area contributed by atoms with Gasteiger partial charge < -0.3 is 0 Å². The summed E-state index contributed by atoms with van der Waals surface area (Å²) in [4.78, 5) is 4.37. The van der Waals surface area contributed by atoms with Crippen LogP contribution in [0.4, 0.5) is 0 Å². The minimum atomic E-state index is 0.580. The highest BCUT2D eigenvalue weighted by Crippen LogP contribution is 2.34. The van der Waals surface area contributed by atoms with E-state index >= 15 is 0 Å². The number of halogens is 2. The van der Waals surface area contributed by atoms with Crippen molar-refractivity contribution < 1.29 is 0 Å². The molecular weight excluding hydrogens is 289 g/mol. The minimum absolute atomic E-state index is 0.580. The molecular formula is C17H13Cl2N. The molecule has 0 unspecified atom stereocenters. The Bertz CT molecular complexity index is 730. The van der Waals surface area contributed by atoms with Gasteiger partial charge in [-0.3, -0.25) is 4.99 Å². The first kappa shape index (κ1) is 13.4. The predicted molar refractivity (Wildman–Crippen MR) is 87.1 cm³/mol. The summed E-state index contributed by atoms with van der Waals surface area (Å²) in [5.41, 5.74) is 5.77. The number of hydrogen-bond donors (Lipinski definition) is 0. The van der Waals surface area contributed by atoms with Gasteiger partial charge in [0.25, 0.3) is 0 Å². The fourth-order valence-corrected chi connectivity index (χ4v) is 2.84. The fraction of sp³-hybridized carbons (Fsp3) is 0.118. The lowest BCUT2D eigenvalue weighted by molar-refractivity contribution is 1.30. The molecule has 0 radical (unpaired) electrons. The number of hydrogen-bond acceptors (Lipinski definition) is 1. The van der Waals surface area contributed by atoms with Gasteiger partial charge in [-0.1, -0.05) is 59.6 Å². The second kappa shape index (κ2) is 5.43. The number of aliphatic imine (C=N–C) groups is 1. The molecule has 0 atom stereocenters. The second-order valence-corrected chi connectivity index (χ2v) is 5.48. The summed E-state index contributed by atoms with van der Waals surface area (Å²) in [6, 6.07) is 14.1. The Labute approximate surface area is 128 Å². The zero-order chi connectivity index (χ0) is 14.1. The topological polar surface area (TPSA) is 12.4 Å². The molecule has 0 saturated heterocycles. The molecule has 0 N–H and O–H groups in total. The van der Waals surface area contributed by atoms with Crippen LogP contribution in [0.15, 0.2) is 53.5 Å². The average molecular weight is 302 g/mol. The lowest BCUT2D eigenvalue weighted by Gasteiger charge is -2.19. The first-order chi connectivity index (χ1) is 9.70. The highest BCUT2D eigenvalue weighted by atomic mass is 35.5. The average Bonchev–Trinajstić information content (AvgIpc) is 2.49. The molecule has 0 saturated carbocycles. The zero-order valence-corrected chi connectivity index (χ0v) is 12.5. The summed E-state index contributed by atoms with van der Waals surface area (Å²) < 4.78 is 0. The first-order valence-corrected chi connectivity index (χ1v) is 7.17. The number of allylic oxidation sites excluding steroid dienone is 1. The van der Waals surface area contributed by atoms with Crippen LogP contribution in [-0.4, -0.2) is 12.8 Å². The maximum Gasteiger partial charge on any atom is 0.0598 e. The van der Waals surface area contributed by atoms with E-state index in [1.807, 2.05) is 37.4 Å². The maximum absolute atomic E-state index is 6.13.